The molecule has 248 valence electrons. The molecular formula is C34H31F3N6O3S2. The smallest absolute Gasteiger partial charge is 0.413 e. The summed E-state index contributed by atoms with van der Waals surface area (Å²) in [6.07, 6.45) is 7.52. The molecule has 0 spiro atoms. The van der Waals surface area contributed by atoms with Crippen LogP contribution in [0.15, 0.2) is 112 Å². The largest absolute Gasteiger partial charge is 0.488 e. The van der Waals surface area contributed by atoms with Gasteiger partial charge in [0.05, 0.1) is 23.2 Å². The van der Waals surface area contributed by atoms with E-state index in [0.717, 1.165) is 40.2 Å². The standard InChI is InChI=1S/C34H31F3N6O3S2/c1-21-7-6-15-41-32(21)48(44)43-25-9-4-8-24-27(12-17-38-29(24)25)45-19-23-11-16-40-31(22(23)2)47-46-20-42-26-10-5-14-33(3)28(34(35,36)37)13-18-39-30(26)33/h4-18,30,42-43H,19-20H2,1-3H3. The number of aromatic nitrogens is 3. The van der Waals surface area contributed by atoms with E-state index in [1.807, 2.05) is 38.1 Å². The van der Waals surface area contributed by atoms with E-state index in [2.05, 4.69) is 30.0 Å². The van der Waals surface area contributed by atoms with E-state index in [9.17, 15) is 17.4 Å². The molecule has 6 rings (SSSR count). The van der Waals surface area contributed by atoms with Crippen LogP contribution in [0.2, 0.25) is 0 Å². The van der Waals surface area contributed by atoms with E-state index in [4.69, 9.17) is 8.92 Å². The maximum Gasteiger partial charge on any atom is 0.413 e. The molecule has 2 aliphatic rings. The van der Waals surface area contributed by atoms with Crippen LogP contribution in [0.1, 0.15) is 23.6 Å². The third-order valence-electron chi connectivity index (χ3n) is 8.14. The Kier molecular flexibility index (Phi) is 9.67. The van der Waals surface area contributed by atoms with Crippen LogP contribution in [-0.4, -0.2) is 44.3 Å². The van der Waals surface area contributed by atoms with E-state index in [-0.39, 0.29) is 13.3 Å². The Morgan fingerprint density at radius 1 is 1.02 bits per heavy atom. The zero-order valence-corrected chi connectivity index (χ0v) is 27.7. The number of benzene rings is 1. The molecule has 0 saturated carbocycles. The van der Waals surface area contributed by atoms with Gasteiger partial charge < -0.3 is 10.1 Å². The van der Waals surface area contributed by atoms with Crippen LogP contribution in [0.3, 0.4) is 0 Å². The number of halogens is 3. The number of pyridine rings is 3. The number of ether oxygens (including phenoxy) is 1. The minimum Gasteiger partial charge on any atom is -0.488 e. The topological polar surface area (TPSA) is 111 Å². The van der Waals surface area contributed by atoms with E-state index in [1.165, 1.54) is 19.2 Å². The average molecular weight is 693 g/mol. The Balaban J connectivity index is 1.08. The van der Waals surface area contributed by atoms with Crippen LogP contribution < -0.4 is 14.8 Å². The summed E-state index contributed by atoms with van der Waals surface area (Å²) in [6, 6.07) is 12.1. The lowest BCUT2D eigenvalue weighted by molar-refractivity contribution is -0.104. The number of rotatable bonds is 11. The van der Waals surface area contributed by atoms with Gasteiger partial charge >= 0.3 is 6.18 Å². The molecule has 3 atom stereocenters. The molecule has 0 fully saturated rings. The lowest BCUT2D eigenvalue weighted by atomic mass is 9.70. The number of allylic oxidation sites excluding steroid dienone is 3. The van der Waals surface area contributed by atoms with Gasteiger partial charge in [-0.25, -0.2) is 14.2 Å². The molecule has 0 saturated heterocycles. The van der Waals surface area contributed by atoms with Gasteiger partial charge in [0.25, 0.3) is 0 Å². The minimum atomic E-state index is -4.47. The first-order chi connectivity index (χ1) is 23.1. The molecule has 3 unspecified atom stereocenters. The Hall–Kier alpha value is -4.53. The summed E-state index contributed by atoms with van der Waals surface area (Å²) >= 11 is 1.06. The molecule has 2 N–H and O–H groups in total. The van der Waals surface area contributed by atoms with Crippen LogP contribution >= 0.6 is 12.0 Å². The van der Waals surface area contributed by atoms with Crippen molar-refractivity contribution in [1.29, 1.82) is 0 Å². The molecule has 0 radical (unpaired) electrons. The fourth-order valence-corrected chi connectivity index (χ4v) is 7.16. The second-order valence-electron chi connectivity index (χ2n) is 11.3. The summed E-state index contributed by atoms with van der Waals surface area (Å²) in [4.78, 5) is 17.5. The molecule has 4 aromatic rings. The van der Waals surface area contributed by atoms with E-state index in [0.29, 0.717) is 32.7 Å². The predicted octanol–water partition coefficient (Wildman–Crippen LogP) is 7.33. The van der Waals surface area contributed by atoms with Crippen molar-refractivity contribution in [3.63, 3.8) is 0 Å². The number of hydrogen-bond donors (Lipinski definition) is 2. The second kappa shape index (κ2) is 13.9. The molecule has 48 heavy (non-hydrogen) atoms. The third kappa shape index (κ3) is 6.86. The van der Waals surface area contributed by atoms with Crippen molar-refractivity contribution in [2.75, 3.05) is 11.5 Å². The molecule has 4 heterocycles. The van der Waals surface area contributed by atoms with Gasteiger partial charge in [0.15, 0.2) is 16.0 Å². The molecule has 1 aromatic carbocycles. The Morgan fingerprint density at radius 3 is 2.67 bits per heavy atom. The first-order valence-electron chi connectivity index (χ1n) is 14.8. The minimum absolute atomic E-state index is 0.0173. The van der Waals surface area contributed by atoms with Crippen LogP contribution in [-0.2, 0) is 21.8 Å². The first-order valence-corrected chi connectivity index (χ1v) is 16.7. The number of aliphatic imine (C=N–C) groups is 1. The lowest BCUT2D eigenvalue weighted by Crippen LogP contribution is -2.44. The predicted molar refractivity (Wildman–Crippen MR) is 181 cm³/mol. The molecule has 3 aromatic heterocycles. The number of fused-ring (bicyclic) bond motifs is 2. The lowest BCUT2D eigenvalue weighted by Gasteiger charge is -2.40. The molecule has 1 aliphatic carbocycles. The monoisotopic (exact) mass is 692 g/mol. The number of dihydropyridines is 1. The molecular weight excluding hydrogens is 662 g/mol. The van der Waals surface area contributed by atoms with Gasteiger partial charge in [0.1, 0.15) is 30.2 Å². The summed E-state index contributed by atoms with van der Waals surface area (Å²) in [5.74, 6) is 0.602. The van der Waals surface area contributed by atoms with Crippen molar-refractivity contribution in [1.82, 2.24) is 20.3 Å². The normalized spacial score (nSPS) is 19.3. The molecule has 0 amide bonds. The zero-order valence-electron chi connectivity index (χ0n) is 26.1. The van der Waals surface area contributed by atoms with Gasteiger partial charge in [0, 0.05) is 46.9 Å². The summed E-state index contributed by atoms with van der Waals surface area (Å²) in [6.45, 7) is 5.56. The Labute approximate surface area is 282 Å². The summed E-state index contributed by atoms with van der Waals surface area (Å²) in [5, 5.41) is 4.90. The van der Waals surface area contributed by atoms with E-state index in [1.54, 1.807) is 48.9 Å². The van der Waals surface area contributed by atoms with Crippen LogP contribution in [0, 0.1) is 19.3 Å². The Bertz CT molecular complexity index is 2000. The van der Waals surface area contributed by atoms with Gasteiger partial charge in [-0.15, -0.1) is 0 Å². The second-order valence-corrected chi connectivity index (χ2v) is 13.2. The number of alkyl halides is 3. The molecule has 1 aliphatic heterocycles. The van der Waals surface area contributed by atoms with Crippen molar-refractivity contribution in [3.8, 4) is 5.75 Å². The number of hydrogen-bond acceptors (Lipinski definition) is 9. The molecule has 9 nitrogen and oxygen atoms in total. The van der Waals surface area contributed by atoms with Crippen molar-refractivity contribution < 1.29 is 26.3 Å². The van der Waals surface area contributed by atoms with Crippen molar-refractivity contribution in [2.24, 2.45) is 10.4 Å². The highest BCUT2D eigenvalue weighted by Gasteiger charge is 2.51. The van der Waals surface area contributed by atoms with Gasteiger partial charge in [-0.05, 0) is 79.9 Å². The van der Waals surface area contributed by atoms with Crippen molar-refractivity contribution in [2.45, 2.75) is 49.6 Å². The highest BCUT2D eigenvalue weighted by Crippen LogP contribution is 2.48. The highest BCUT2D eigenvalue weighted by molar-refractivity contribution is 7.94. The van der Waals surface area contributed by atoms with Crippen LogP contribution in [0.5, 0.6) is 5.75 Å². The van der Waals surface area contributed by atoms with Crippen molar-refractivity contribution >= 4 is 45.8 Å². The van der Waals surface area contributed by atoms with Crippen LogP contribution in [0.4, 0.5) is 18.9 Å². The fraction of sp³-hybridized carbons (Fsp3) is 0.235. The summed E-state index contributed by atoms with van der Waals surface area (Å²) in [5.41, 5.74) is 2.31. The summed E-state index contributed by atoms with van der Waals surface area (Å²) < 4.78 is 69.3. The number of anilines is 1. The van der Waals surface area contributed by atoms with Gasteiger partial charge in [-0.3, -0.25) is 18.9 Å². The van der Waals surface area contributed by atoms with Gasteiger partial charge in [-0.1, -0.05) is 24.3 Å². The first kappa shape index (κ1) is 33.4. The quantitative estimate of drug-likeness (QED) is 0.0956. The van der Waals surface area contributed by atoms with Gasteiger partial charge in [-0.2, -0.15) is 13.2 Å². The maximum atomic E-state index is 13.7. The van der Waals surface area contributed by atoms with Crippen molar-refractivity contribution in [3.05, 3.63) is 113 Å². The number of para-hydroxylation sites is 1. The number of nitrogens with one attached hydrogen (secondary N) is 2. The SMILES string of the molecule is Cc1cccnc1S(=O)Nc1cccc2c(OCc3ccnc(SOCNC4=CC=CC5(C)C(C(F)(F)F)=CC=NC45)c3C)ccnc12. The molecule has 0 bridgehead atoms. The number of nitrogens with zero attached hydrogens (tertiary/aromatic N) is 4. The summed E-state index contributed by atoms with van der Waals surface area (Å²) in [7, 11) is -1.58. The Morgan fingerprint density at radius 2 is 1.85 bits per heavy atom. The van der Waals surface area contributed by atoms with Gasteiger partial charge in [0.2, 0.25) is 0 Å². The fourth-order valence-electron chi connectivity index (χ4n) is 5.59. The average Bonchev–Trinajstić information content (AvgIpc) is 3.06. The highest BCUT2D eigenvalue weighted by atomic mass is 32.2. The van der Waals surface area contributed by atoms with Crippen LogP contribution in [0.25, 0.3) is 10.9 Å². The zero-order chi connectivity index (χ0) is 33.9. The molecule has 14 heteroatoms. The number of aryl methyl sites for hydroxylation is 1. The van der Waals surface area contributed by atoms with E-state index < -0.39 is 34.2 Å². The third-order valence-corrected chi connectivity index (χ3v) is 10.1. The van der Waals surface area contributed by atoms with E-state index >= 15 is 0 Å². The maximum absolute atomic E-state index is 13.7.